The molecule has 0 saturated carbocycles. The Balaban J connectivity index is 2.32. The molecule has 1 N–H and O–H groups in total. The predicted octanol–water partition coefficient (Wildman–Crippen LogP) is 0.545. The topological polar surface area (TPSA) is 41.5 Å². The SMILES string of the molecule is [CH2-][NH+]1N=NC(c2ccc(F)cc2)=N1. The molecular weight excluding hydrogens is 171 g/mol. The number of nitrogens with zero attached hydrogens (tertiary/aromatic N) is 3. The summed E-state index contributed by atoms with van der Waals surface area (Å²) in [5.74, 6) is 0.197. The van der Waals surface area contributed by atoms with Gasteiger partial charge in [0.2, 0.25) is 5.84 Å². The highest BCUT2D eigenvalue weighted by atomic mass is 19.1. The molecule has 0 radical (unpaired) electrons. The first kappa shape index (κ1) is 8.00. The van der Waals surface area contributed by atoms with E-state index in [1.807, 2.05) is 0 Å². The standard InChI is InChI=1S/C8H7FN4/c1-13-11-8(10-12-13)6-2-4-7(9)5-3-6/h2-5,13H,1H2. The van der Waals surface area contributed by atoms with Gasteiger partial charge in [-0.15, -0.1) is 0 Å². The van der Waals surface area contributed by atoms with E-state index in [0.29, 0.717) is 11.0 Å². The van der Waals surface area contributed by atoms with Crippen molar-refractivity contribution in [3.63, 3.8) is 0 Å². The third-order valence-electron chi connectivity index (χ3n) is 1.60. The summed E-state index contributed by atoms with van der Waals surface area (Å²) in [6.07, 6.45) is 0. The molecule has 5 heteroatoms. The Kier molecular flexibility index (Phi) is 1.86. The molecule has 0 saturated heterocycles. The van der Waals surface area contributed by atoms with Crippen LogP contribution in [0.15, 0.2) is 39.7 Å². The van der Waals surface area contributed by atoms with Crippen LogP contribution in [0.1, 0.15) is 5.56 Å². The van der Waals surface area contributed by atoms with Crippen molar-refractivity contribution >= 4 is 5.84 Å². The lowest BCUT2D eigenvalue weighted by Crippen LogP contribution is -2.95. The zero-order chi connectivity index (χ0) is 9.26. The largest absolute Gasteiger partial charge is 0.241 e. The van der Waals surface area contributed by atoms with Gasteiger partial charge in [-0.05, 0) is 24.3 Å². The number of rotatable bonds is 1. The van der Waals surface area contributed by atoms with Crippen molar-refractivity contribution in [1.29, 1.82) is 0 Å². The normalized spacial score (nSPS) is 20.5. The van der Waals surface area contributed by atoms with Crippen molar-refractivity contribution in [2.75, 3.05) is 0 Å². The Hall–Kier alpha value is -1.62. The molecular formula is C8H7FN4. The Labute approximate surface area is 74.4 Å². The predicted molar refractivity (Wildman–Crippen MR) is 44.1 cm³/mol. The Morgan fingerprint density at radius 1 is 1.23 bits per heavy atom. The van der Waals surface area contributed by atoms with Gasteiger partial charge in [0.25, 0.3) is 0 Å². The fourth-order valence-corrected chi connectivity index (χ4v) is 0.993. The number of halogens is 1. The second-order valence-corrected chi connectivity index (χ2v) is 2.56. The number of amidine groups is 1. The lowest BCUT2D eigenvalue weighted by molar-refractivity contribution is -0.868. The molecule has 1 aliphatic rings. The lowest BCUT2D eigenvalue weighted by Gasteiger charge is -1.95. The molecule has 0 amide bonds. The van der Waals surface area contributed by atoms with Crippen molar-refractivity contribution in [1.82, 2.24) is 0 Å². The molecule has 1 unspecified atom stereocenters. The number of hydrogen-bond donors (Lipinski definition) is 1. The third-order valence-corrected chi connectivity index (χ3v) is 1.60. The number of nitrogens with one attached hydrogen (secondary N) is 1. The quantitative estimate of drug-likeness (QED) is 0.610. The first-order valence-corrected chi connectivity index (χ1v) is 3.71. The van der Waals surface area contributed by atoms with Gasteiger partial charge in [-0.25, -0.2) is 4.39 Å². The van der Waals surface area contributed by atoms with Gasteiger partial charge < -0.3 is 0 Å². The zero-order valence-electron chi connectivity index (χ0n) is 6.74. The summed E-state index contributed by atoms with van der Waals surface area (Å²) in [6, 6.07) is 5.92. The molecule has 1 aliphatic heterocycles. The van der Waals surface area contributed by atoms with Gasteiger partial charge in [0.05, 0.1) is 0 Å². The third kappa shape index (κ3) is 1.59. The summed E-state index contributed by atoms with van der Waals surface area (Å²) < 4.78 is 12.5. The summed E-state index contributed by atoms with van der Waals surface area (Å²) in [4.78, 5) is 0. The van der Waals surface area contributed by atoms with E-state index in [2.05, 4.69) is 22.5 Å². The van der Waals surface area contributed by atoms with E-state index in [1.54, 1.807) is 12.1 Å². The van der Waals surface area contributed by atoms with E-state index in [0.717, 1.165) is 5.56 Å². The molecule has 0 aliphatic carbocycles. The Morgan fingerprint density at radius 3 is 2.46 bits per heavy atom. The van der Waals surface area contributed by atoms with E-state index < -0.39 is 0 Å². The van der Waals surface area contributed by atoms with Crippen molar-refractivity contribution in [3.8, 4) is 0 Å². The molecule has 4 nitrogen and oxygen atoms in total. The van der Waals surface area contributed by atoms with Gasteiger partial charge in [0.1, 0.15) is 5.82 Å². The molecule has 0 aromatic heterocycles. The highest BCUT2D eigenvalue weighted by Gasteiger charge is 2.11. The zero-order valence-corrected chi connectivity index (χ0v) is 6.74. The van der Waals surface area contributed by atoms with E-state index in [-0.39, 0.29) is 5.82 Å². The molecule has 2 rings (SSSR count). The second-order valence-electron chi connectivity index (χ2n) is 2.56. The molecule has 13 heavy (non-hydrogen) atoms. The minimum Gasteiger partial charge on any atom is -0.207 e. The van der Waals surface area contributed by atoms with Crippen LogP contribution in [0, 0.1) is 12.9 Å². The van der Waals surface area contributed by atoms with Gasteiger partial charge in [-0.2, -0.15) is 5.12 Å². The van der Waals surface area contributed by atoms with Crippen LogP contribution in [-0.4, -0.2) is 5.84 Å². The maximum absolute atomic E-state index is 12.5. The average molecular weight is 178 g/mol. The lowest BCUT2D eigenvalue weighted by atomic mass is 10.2. The maximum atomic E-state index is 12.5. The summed E-state index contributed by atoms with van der Waals surface area (Å²) in [5, 5.41) is 11.7. The average Bonchev–Trinajstić information content (AvgIpc) is 2.53. The van der Waals surface area contributed by atoms with Crippen LogP contribution in [-0.2, 0) is 0 Å². The number of quaternary nitrogens is 1. The number of benzene rings is 1. The van der Waals surface area contributed by atoms with Crippen LogP contribution in [0.25, 0.3) is 0 Å². The first-order valence-electron chi connectivity index (χ1n) is 3.71. The molecule has 0 fully saturated rings. The highest BCUT2D eigenvalue weighted by Crippen LogP contribution is 2.05. The first-order chi connectivity index (χ1) is 6.25. The van der Waals surface area contributed by atoms with Gasteiger partial charge in [-0.3, -0.25) is 0 Å². The minimum atomic E-state index is -0.280. The summed E-state index contributed by atoms with van der Waals surface area (Å²) >= 11 is 0. The van der Waals surface area contributed by atoms with Crippen LogP contribution < -0.4 is 5.12 Å². The summed E-state index contributed by atoms with van der Waals surface area (Å²) in [7, 11) is 3.53. The molecule has 66 valence electrons. The van der Waals surface area contributed by atoms with E-state index in [1.165, 1.54) is 12.1 Å². The van der Waals surface area contributed by atoms with Crippen LogP contribution >= 0.6 is 0 Å². The smallest absolute Gasteiger partial charge is 0.207 e. The second kappa shape index (κ2) is 3.02. The van der Waals surface area contributed by atoms with Gasteiger partial charge in [-0.1, -0.05) is 17.3 Å². The summed E-state index contributed by atoms with van der Waals surface area (Å²) in [5.41, 5.74) is 0.740. The van der Waals surface area contributed by atoms with Gasteiger partial charge in [0.15, 0.2) is 0 Å². The molecule has 1 heterocycles. The molecule has 0 spiro atoms. The van der Waals surface area contributed by atoms with Crippen LogP contribution in [0.3, 0.4) is 0 Å². The van der Waals surface area contributed by atoms with E-state index in [4.69, 9.17) is 0 Å². The van der Waals surface area contributed by atoms with E-state index in [9.17, 15) is 4.39 Å². The highest BCUT2D eigenvalue weighted by molar-refractivity contribution is 5.98. The van der Waals surface area contributed by atoms with Crippen LogP contribution in [0.4, 0.5) is 4.39 Å². The Bertz CT molecular complexity index is 368. The van der Waals surface area contributed by atoms with Crippen molar-refractivity contribution in [2.45, 2.75) is 0 Å². The fraction of sp³-hybridized carbons (Fsp3) is 0. The van der Waals surface area contributed by atoms with Crippen molar-refractivity contribution in [3.05, 3.63) is 42.7 Å². The van der Waals surface area contributed by atoms with Crippen LogP contribution in [0.5, 0.6) is 0 Å². The summed E-state index contributed by atoms with van der Waals surface area (Å²) in [6.45, 7) is 0. The molecule has 1 aromatic rings. The minimum absolute atomic E-state index is 0.280. The molecule has 0 bridgehead atoms. The van der Waals surface area contributed by atoms with Crippen molar-refractivity contribution < 1.29 is 9.51 Å². The van der Waals surface area contributed by atoms with Gasteiger partial charge >= 0.3 is 0 Å². The van der Waals surface area contributed by atoms with Crippen LogP contribution in [0.2, 0.25) is 0 Å². The van der Waals surface area contributed by atoms with Crippen molar-refractivity contribution in [2.24, 2.45) is 15.4 Å². The monoisotopic (exact) mass is 178 g/mol. The van der Waals surface area contributed by atoms with E-state index >= 15 is 0 Å². The molecule has 1 aromatic carbocycles. The Morgan fingerprint density at radius 2 is 1.92 bits per heavy atom. The fourth-order valence-electron chi connectivity index (χ4n) is 0.993. The maximum Gasteiger partial charge on any atom is 0.241 e. The molecule has 1 atom stereocenters. The number of hydrogen-bond acceptors (Lipinski definition) is 3. The van der Waals surface area contributed by atoms with Gasteiger partial charge in [0, 0.05) is 10.8 Å².